The van der Waals surface area contributed by atoms with E-state index in [1.165, 1.54) is 31.2 Å². The third-order valence-corrected chi connectivity index (χ3v) is 5.49. The van der Waals surface area contributed by atoms with Crippen LogP contribution in [0.25, 0.3) is 0 Å². The number of hydrogen-bond donors (Lipinski definition) is 4. The molecule has 0 saturated heterocycles. The first-order valence-corrected chi connectivity index (χ1v) is 9.72. The van der Waals surface area contributed by atoms with Gasteiger partial charge >= 0.3 is 5.69 Å². The van der Waals surface area contributed by atoms with Crippen LogP contribution in [0.3, 0.4) is 0 Å². The number of ether oxygens (including phenoxy) is 2. The maximum atomic E-state index is 12.5. The molecule has 148 valence electrons. The molecule has 10 heteroatoms. The molecule has 9 nitrogen and oxygen atoms in total. The van der Waals surface area contributed by atoms with Crippen molar-refractivity contribution >= 4 is 10.0 Å². The molecule has 0 amide bonds. The topological polar surface area (TPSA) is 134 Å². The van der Waals surface area contributed by atoms with Crippen molar-refractivity contribution in [2.24, 2.45) is 0 Å². The molecule has 1 atom stereocenters. The predicted molar refractivity (Wildman–Crippen MR) is 101 cm³/mol. The first-order chi connectivity index (χ1) is 13.3. The zero-order chi connectivity index (χ0) is 20.3. The predicted octanol–water partition coefficient (Wildman–Crippen LogP) is 2.25. The Morgan fingerprint density at radius 1 is 0.964 bits per heavy atom. The molecular formula is C18H19N3O6S. The van der Waals surface area contributed by atoms with Crippen LogP contribution in [-0.2, 0) is 10.0 Å². The van der Waals surface area contributed by atoms with Gasteiger partial charge in [-0.05, 0) is 55.5 Å². The maximum Gasteiger partial charge on any atom is 0.326 e. The fourth-order valence-electron chi connectivity index (χ4n) is 2.53. The summed E-state index contributed by atoms with van der Waals surface area (Å²) in [5.74, 6) is 1.33. The number of sulfonamides is 1. The Bertz CT molecular complexity index is 1100. The fraction of sp³-hybridized carbons (Fsp3) is 0.167. The van der Waals surface area contributed by atoms with Gasteiger partial charge in [0.1, 0.15) is 17.2 Å². The summed E-state index contributed by atoms with van der Waals surface area (Å²) in [6, 6.07) is 12.0. The zero-order valence-corrected chi connectivity index (χ0v) is 15.9. The Kier molecular flexibility index (Phi) is 5.43. The van der Waals surface area contributed by atoms with Crippen molar-refractivity contribution in [1.82, 2.24) is 14.7 Å². The van der Waals surface area contributed by atoms with Gasteiger partial charge in [0.05, 0.1) is 23.7 Å². The van der Waals surface area contributed by atoms with E-state index in [0.717, 1.165) is 0 Å². The highest BCUT2D eigenvalue weighted by Crippen LogP contribution is 2.26. The van der Waals surface area contributed by atoms with E-state index in [-0.39, 0.29) is 10.6 Å². The van der Waals surface area contributed by atoms with E-state index in [0.29, 0.717) is 17.2 Å². The molecule has 0 aliphatic rings. The van der Waals surface area contributed by atoms with Gasteiger partial charge in [-0.2, -0.15) is 0 Å². The van der Waals surface area contributed by atoms with Gasteiger partial charge in [0, 0.05) is 0 Å². The summed E-state index contributed by atoms with van der Waals surface area (Å²) in [6.45, 7) is 1.50. The normalized spacial score (nSPS) is 12.5. The van der Waals surface area contributed by atoms with Crippen LogP contribution in [0.5, 0.6) is 23.1 Å². The maximum absolute atomic E-state index is 12.5. The number of rotatable bonds is 7. The summed E-state index contributed by atoms with van der Waals surface area (Å²) < 4.78 is 38.2. The van der Waals surface area contributed by atoms with Gasteiger partial charge in [0.25, 0.3) is 0 Å². The Hall–Kier alpha value is -3.24. The molecule has 0 spiro atoms. The zero-order valence-electron chi connectivity index (χ0n) is 15.1. The van der Waals surface area contributed by atoms with Crippen molar-refractivity contribution in [2.45, 2.75) is 17.9 Å². The number of methoxy groups -OCH3 is 1. The van der Waals surface area contributed by atoms with Crippen LogP contribution in [0.1, 0.15) is 18.7 Å². The van der Waals surface area contributed by atoms with E-state index in [4.69, 9.17) is 9.47 Å². The number of hydrogen-bond acceptors (Lipinski definition) is 6. The number of nitrogens with one attached hydrogen (secondary N) is 3. The van der Waals surface area contributed by atoms with Crippen LogP contribution < -0.4 is 19.9 Å². The number of aromatic amines is 2. The number of benzene rings is 2. The molecule has 3 rings (SSSR count). The van der Waals surface area contributed by atoms with Crippen LogP contribution in [-0.4, -0.2) is 30.6 Å². The van der Waals surface area contributed by atoms with Crippen LogP contribution >= 0.6 is 0 Å². The average molecular weight is 405 g/mol. The Balaban J connectivity index is 1.72. The van der Waals surface area contributed by atoms with Crippen LogP contribution in [0.2, 0.25) is 0 Å². The molecule has 1 aromatic heterocycles. The van der Waals surface area contributed by atoms with Gasteiger partial charge in [-0.1, -0.05) is 0 Å². The third-order valence-electron chi connectivity index (χ3n) is 3.93. The van der Waals surface area contributed by atoms with Crippen molar-refractivity contribution in [2.75, 3.05) is 7.11 Å². The number of aromatic hydroxyl groups is 1. The average Bonchev–Trinajstić information content (AvgIpc) is 3.01. The highest BCUT2D eigenvalue weighted by Gasteiger charge is 2.22. The second-order valence-electron chi connectivity index (χ2n) is 5.93. The molecule has 0 aliphatic heterocycles. The minimum atomic E-state index is -3.88. The van der Waals surface area contributed by atoms with Crippen molar-refractivity contribution in [3.8, 4) is 23.1 Å². The van der Waals surface area contributed by atoms with E-state index in [1.54, 1.807) is 31.4 Å². The summed E-state index contributed by atoms with van der Waals surface area (Å²) in [5.41, 5.74) is -0.577. The minimum Gasteiger partial charge on any atom is -0.497 e. The minimum absolute atomic E-state index is 0.0128. The monoisotopic (exact) mass is 405 g/mol. The molecule has 0 aliphatic carbocycles. The Morgan fingerprint density at radius 3 is 2.00 bits per heavy atom. The second kappa shape index (κ2) is 7.79. The van der Waals surface area contributed by atoms with Gasteiger partial charge in [0.2, 0.25) is 15.9 Å². The largest absolute Gasteiger partial charge is 0.497 e. The van der Waals surface area contributed by atoms with E-state index < -0.39 is 27.6 Å². The van der Waals surface area contributed by atoms with E-state index in [9.17, 15) is 18.3 Å². The fourth-order valence-corrected chi connectivity index (χ4v) is 3.74. The van der Waals surface area contributed by atoms with Crippen molar-refractivity contribution < 1.29 is 23.0 Å². The van der Waals surface area contributed by atoms with Crippen molar-refractivity contribution in [1.29, 1.82) is 0 Å². The summed E-state index contributed by atoms with van der Waals surface area (Å²) >= 11 is 0. The lowest BCUT2D eigenvalue weighted by atomic mass is 10.3. The number of imidazole rings is 1. The lowest BCUT2D eigenvalue weighted by molar-refractivity contribution is 0.413. The number of H-pyrrole nitrogens is 2. The van der Waals surface area contributed by atoms with Gasteiger partial charge in [0.15, 0.2) is 0 Å². The van der Waals surface area contributed by atoms with Gasteiger partial charge in [-0.3, -0.25) is 4.98 Å². The van der Waals surface area contributed by atoms with Gasteiger partial charge in [-0.25, -0.2) is 17.9 Å². The van der Waals surface area contributed by atoms with E-state index in [2.05, 4.69) is 14.7 Å². The molecule has 0 bridgehead atoms. The van der Waals surface area contributed by atoms with Crippen molar-refractivity contribution in [3.63, 3.8) is 0 Å². The summed E-state index contributed by atoms with van der Waals surface area (Å²) in [6.07, 6.45) is 0. The number of aromatic nitrogens is 2. The first kappa shape index (κ1) is 19.5. The lowest BCUT2D eigenvalue weighted by Crippen LogP contribution is -2.27. The standard InChI is InChI=1S/C18H19N3O6S/c1-11(16-17(22)20-18(23)19-16)21-28(24,25)15-9-7-14(8-10-15)27-13-5-3-12(26-2)4-6-13/h3-11,21-22H,1-2H3,(H2,19,20,23)/t11-/m1/s1. The Morgan fingerprint density at radius 2 is 1.50 bits per heavy atom. The molecule has 2 aromatic carbocycles. The van der Waals surface area contributed by atoms with E-state index >= 15 is 0 Å². The Labute approximate surface area is 161 Å². The quantitative estimate of drug-likeness (QED) is 0.476. The third kappa shape index (κ3) is 4.35. The molecule has 0 radical (unpaired) electrons. The molecule has 0 fully saturated rings. The molecule has 0 saturated carbocycles. The van der Waals surface area contributed by atoms with Gasteiger partial charge < -0.3 is 19.6 Å². The van der Waals surface area contributed by atoms with Crippen LogP contribution in [0.4, 0.5) is 0 Å². The summed E-state index contributed by atoms with van der Waals surface area (Å²) in [4.78, 5) is 15.7. The molecule has 4 N–H and O–H groups in total. The highest BCUT2D eigenvalue weighted by atomic mass is 32.2. The molecule has 1 heterocycles. The molecule has 28 heavy (non-hydrogen) atoms. The van der Waals surface area contributed by atoms with Gasteiger partial charge in [-0.15, -0.1) is 0 Å². The summed E-state index contributed by atoms with van der Waals surface area (Å²) in [7, 11) is -2.31. The van der Waals surface area contributed by atoms with Crippen molar-refractivity contribution in [3.05, 3.63) is 64.7 Å². The molecule has 0 unspecified atom stereocenters. The first-order valence-electron chi connectivity index (χ1n) is 8.24. The smallest absolute Gasteiger partial charge is 0.326 e. The molecule has 3 aromatic rings. The molecular weight excluding hydrogens is 386 g/mol. The van der Waals surface area contributed by atoms with Crippen LogP contribution in [0.15, 0.2) is 58.2 Å². The van der Waals surface area contributed by atoms with Crippen LogP contribution in [0, 0.1) is 0 Å². The second-order valence-corrected chi connectivity index (χ2v) is 7.65. The van der Waals surface area contributed by atoms with E-state index in [1.807, 2.05) is 0 Å². The highest BCUT2D eigenvalue weighted by molar-refractivity contribution is 7.89. The SMILES string of the molecule is COc1ccc(Oc2ccc(S(=O)(=O)N[C@H](C)c3[nH]c(=O)[nH]c3O)cc2)cc1. The summed E-state index contributed by atoms with van der Waals surface area (Å²) in [5, 5.41) is 9.63. The lowest BCUT2D eigenvalue weighted by Gasteiger charge is -2.13.